The predicted molar refractivity (Wildman–Crippen MR) is 64.9 cm³/mol. The molecule has 1 aromatic rings. The lowest BCUT2D eigenvalue weighted by molar-refractivity contribution is 0.168. The van der Waals surface area contributed by atoms with E-state index in [1.165, 1.54) is 7.11 Å². The average molecular weight is 242 g/mol. The summed E-state index contributed by atoms with van der Waals surface area (Å²) in [7, 11) is 1.35. The van der Waals surface area contributed by atoms with Gasteiger partial charge in [-0.1, -0.05) is 37.6 Å². The number of nitrogens with one attached hydrogen (secondary N) is 1. The maximum atomic E-state index is 11.0. The fourth-order valence-electron chi connectivity index (χ4n) is 1.38. The molecule has 0 spiro atoms. The van der Waals surface area contributed by atoms with Crippen LogP contribution in [-0.2, 0) is 10.2 Å². The minimum Gasteiger partial charge on any atom is -0.453 e. The molecule has 0 atom stereocenters. The number of hydrogen-bond donors (Lipinski definition) is 1. The Kier molecular flexibility index (Phi) is 4.19. The average Bonchev–Trinajstić information content (AvgIpc) is 2.26. The molecule has 0 unspecified atom stereocenters. The summed E-state index contributed by atoms with van der Waals surface area (Å²) in [6.07, 6.45) is -0.421. The van der Waals surface area contributed by atoms with Gasteiger partial charge in [0, 0.05) is 17.0 Å². The van der Waals surface area contributed by atoms with E-state index in [0.29, 0.717) is 11.6 Å². The topological polar surface area (TPSA) is 38.3 Å². The summed E-state index contributed by atoms with van der Waals surface area (Å²) < 4.78 is 4.53. The van der Waals surface area contributed by atoms with Crippen LogP contribution in [0.4, 0.5) is 4.79 Å². The smallest absolute Gasteiger partial charge is 0.406 e. The number of hydrogen-bond acceptors (Lipinski definition) is 2. The Morgan fingerprint density at radius 1 is 1.50 bits per heavy atom. The first-order valence-corrected chi connectivity index (χ1v) is 5.41. The van der Waals surface area contributed by atoms with Crippen molar-refractivity contribution in [1.29, 1.82) is 0 Å². The number of rotatable bonds is 3. The van der Waals surface area contributed by atoms with Crippen LogP contribution in [0.3, 0.4) is 0 Å². The van der Waals surface area contributed by atoms with Crippen molar-refractivity contribution >= 4 is 17.7 Å². The van der Waals surface area contributed by atoms with Crippen molar-refractivity contribution in [1.82, 2.24) is 5.32 Å². The Labute approximate surface area is 101 Å². The highest BCUT2D eigenvalue weighted by Gasteiger charge is 2.21. The summed E-state index contributed by atoms with van der Waals surface area (Å²) in [4.78, 5) is 11.0. The molecular weight excluding hydrogens is 226 g/mol. The molecule has 0 bridgehead atoms. The van der Waals surface area contributed by atoms with Crippen LogP contribution in [0.5, 0.6) is 0 Å². The molecule has 0 aliphatic heterocycles. The lowest BCUT2D eigenvalue weighted by atomic mass is 9.85. The number of ether oxygens (including phenoxy) is 1. The molecule has 1 amide bonds. The van der Waals surface area contributed by atoms with Gasteiger partial charge in [-0.05, 0) is 17.7 Å². The number of amides is 1. The SMILES string of the molecule is COC(=O)NCC(C)(C)c1cccc(Cl)c1. The molecule has 1 N–H and O–H groups in total. The highest BCUT2D eigenvalue weighted by Crippen LogP contribution is 2.24. The van der Waals surface area contributed by atoms with Gasteiger partial charge in [-0.2, -0.15) is 0 Å². The third kappa shape index (κ3) is 3.42. The maximum Gasteiger partial charge on any atom is 0.406 e. The van der Waals surface area contributed by atoms with Gasteiger partial charge in [0.1, 0.15) is 0 Å². The molecule has 88 valence electrons. The van der Waals surface area contributed by atoms with Crippen LogP contribution in [0.15, 0.2) is 24.3 Å². The number of halogens is 1. The Hall–Kier alpha value is -1.22. The quantitative estimate of drug-likeness (QED) is 0.884. The van der Waals surface area contributed by atoms with Gasteiger partial charge in [0.15, 0.2) is 0 Å². The molecule has 16 heavy (non-hydrogen) atoms. The van der Waals surface area contributed by atoms with Crippen LogP contribution < -0.4 is 5.32 Å². The summed E-state index contributed by atoms with van der Waals surface area (Å²) in [5.74, 6) is 0. The Morgan fingerprint density at radius 3 is 2.75 bits per heavy atom. The fraction of sp³-hybridized carbons (Fsp3) is 0.417. The van der Waals surface area contributed by atoms with Crippen LogP contribution in [0.1, 0.15) is 19.4 Å². The van der Waals surface area contributed by atoms with E-state index in [1.807, 2.05) is 38.1 Å². The molecule has 0 saturated heterocycles. The first-order valence-electron chi connectivity index (χ1n) is 5.03. The molecule has 4 heteroatoms. The van der Waals surface area contributed by atoms with Crippen LogP contribution in [0.2, 0.25) is 5.02 Å². The monoisotopic (exact) mass is 241 g/mol. The van der Waals surface area contributed by atoms with E-state index in [2.05, 4.69) is 10.1 Å². The minimum atomic E-state index is -0.421. The maximum absolute atomic E-state index is 11.0. The lowest BCUT2D eigenvalue weighted by Crippen LogP contribution is -2.36. The zero-order chi connectivity index (χ0) is 12.2. The van der Waals surface area contributed by atoms with Crippen molar-refractivity contribution in [2.45, 2.75) is 19.3 Å². The fourth-order valence-corrected chi connectivity index (χ4v) is 1.57. The summed E-state index contributed by atoms with van der Waals surface area (Å²) in [5, 5.41) is 3.38. The zero-order valence-corrected chi connectivity index (χ0v) is 10.5. The Morgan fingerprint density at radius 2 is 2.19 bits per heavy atom. The number of carbonyl (C=O) groups is 1. The van der Waals surface area contributed by atoms with Gasteiger partial charge in [0.05, 0.1) is 7.11 Å². The molecule has 3 nitrogen and oxygen atoms in total. The van der Waals surface area contributed by atoms with E-state index in [9.17, 15) is 4.79 Å². The molecular formula is C12H16ClNO2. The highest BCUT2D eigenvalue weighted by molar-refractivity contribution is 6.30. The molecule has 0 aliphatic rings. The molecule has 1 aromatic carbocycles. The molecule has 0 aromatic heterocycles. The third-order valence-corrected chi connectivity index (χ3v) is 2.70. The number of methoxy groups -OCH3 is 1. The summed E-state index contributed by atoms with van der Waals surface area (Å²) in [6.45, 7) is 4.57. The van der Waals surface area contributed by atoms with Crippen LogP contribution in [-0.4, -0.2) is 19.7 Å². The molecule has 0 radical (unpaired) electrons. The van der Waals surface area contributed by atoms with E-state index in [0.717, 1.165) is 5.56 Å². The number of alkyl carbamates (subject to hydrolysis) is 1. The number of benzene rings is 1. The first kappa shape index (κ1) is 12.8. The van der Waals surface area contributed by atoms with Crippen molar-refractivity contribution in [3.8, 4) is 0 Å². The largest absolute Gasteiger partial charge is 0.453 e. The van der Waals surface area contributed by atoms with Crippen LogP contribution in [0.25, 0.3) is 0 Å². The van der Waals surface area contributed by atoms with E-state index < -0.39 is 6.09 Å². The van der Waals surface area contributed by atoms with Crippen molar-refractivity contribution < 1.29 is 9.53 Å². The second kappa shape index (κ2) is 5.21. The van der Waals surface area contributed by atoms with E-state index in [1.54, 1.807) is 0 Å². The third-order valence-electron chi connectivity index (χ3n) is 2.47. The van der Waals surface area contributed by atoms with Gasteiger partial charge in [0.25, 0.3) is 0 Å². The second-order valence-corrected chi connectivity index (χ2v) is 4.68. The highest BCUT2D eigenvalue weighted by atomic mass is 35.5. The standard InChI is InChI=1S/C12H16ClNO2/c1-12(2,8-14-11(15)16-3)9-5-4-6-10(13)7-9/h4-7H,8H2,1-3H3,(H,14,15). The zero-order valence-electron chi connectivity index (χ0n) is 9.71. The van der Waals surface area contributed by atoms with Gasteiger partial charge in [-0.3, -0.25) is 0 Å². The van der Waals surface area contributed by atoms with Crippen molar-refractivity contribution in [3.63, 3.8) is 0 Å². The lowest BCUT2D eigenvalue weighted by Gasteiger charge is -2.25. The first-order chi connectivity index (χ1) is 7.45. The number of carbonyl (C=O) groups excluding carboxylic acids is 1. The van der Waals surface area contributed by atoms with Gasteiger partial charge in [-0.25, -0.2) is 4.79 Å². The molecule has 0 saturated carbocycles. The predicted octanol–water partition coefficient (Wildman–Crippen LogP) is 2.97. The van der Waals surface area contributed by atoms with Crippen molar-refractivity contribution in [2.75, 3.05) is 13.7 Å². The van der Waals surface area contributed by atoms with Crippen LogP contribution >= 0.6 is 11.6 Å². The van der Waals surface area contributed by atoms with Crippen LogP contribution in [0, 0.1) is 0 Å². The Balaban J connectivity index is 2.73. The summed E-state index contributed by atoms with van der Waals surface area (Å²) >= 11 is 5.93. The van der Waals surface area contributed by atoms with Gasteiger partial charge >= 0.3 is 6.09 Å². The van der Waals surface area contributed by atoms with E-state index in [-0.39, 0.29) is 5.41 Å². The van der Waals surface area contributed by atoms with Crippen molar-refractivity contribution in [2.24, 2.45) is 0 Å². The Bertz CT molecular complexity index is 377. The molecule has 0 aliphatic carbocycles. The second-order valence-electron chi connectivity index (χ2n) is 4.24. The van der Waals surface area contributed by atoms with Gasteiger partial charge < -0.3 is 10.1 Å². The van der Waals surface area contributed by atoms with E-state index >= 15 is 0 Å². The molecule has 1 rings (SSSR count). The van der Waals surface area contributed by atoms with E-state index in [4.69, 9.17) is 11.6 Å². The molecule has 0 heterocycles. The normalized spacial score (nSPS) is 11.0. The van der Waals surface area contributed by atoms with Gasteiger partial charge in [-0.15, -0.1) is 0 Å². The van der Waals surface area contributed by atoms with Gasteiger partial charge in [0.2, 0.25) is 0 Å². The summed E-state index contributed by atoms with van der Waals surface area (Å²) in [5.41, 5.74) is 0.899. The molecule has 0 fully saturated rings. The summed E-state index contributed by atoms with van der Waals surface area (Å²) in [6, 6.07) is 7.62. The minimum absolute atomic E-state index is 0.181. The van der Waals surface area contributed by atoms with Crippen molar-refractivity contribution in [3.05, 3.63) is 34.9 Å².